The van der Waals surface area contributed by atoms with Crippen LogP contribution < -0.4 is 10.6 Å². The smallest absolute Gasteiger partial charge is 0.238 e. The molecule has 0 saturated carbocycles. The molecule has 26 heavy (non-hydrogen) atoms. The van der Waals surface area contributed by atoms with Crippen LogP contribution in [0.15, 0.2) is 47.4 Å². The highest BCUT2D eigenvalue weighted by Crippen LogP contribution is 2.36. The molecule has 5 heteroatoms. The predicted octanol–water partition coefficient (Wildman–Crippen LogP) is 3.86. The molecular formula is C21H24N2O2S. The molecule has 2 aromatic rings. The van der Waals surface area contributed by atoms with Gasteiger partial charge in [0.25, 0.3) is 0 Å². The average molecular weight is 369 g/mol. The van der Waals surface area contributed by atoms with E-state index in [-0.39, 0.29) is 23.5 Å². The largest absolute Gasteiger partial charge is 0.356 e. The highest BCUT2D eigenvalue weighted by Gasteiger charge is 2.28. The fraction of sp³-hybridized carbons (Fsp3) is 0.333. The van der Waals surface area contributed by atoms with Gasteiger partial charge in [0.2, 0.25) is 11.8 Å². The molecule has 0 radical (unpaired) electrons. The van der Waals surface area contributed by atoms with Gasteiger partial charge in [0.1, 0.15) is 0 Å². The highest BCUT2D eigenvalue weighted by atomic mass is 32.2. The van der Waals surface area contributed by atoms with Gasteiger partial charge in [-0.25, -0.2) is 0 Å². The standard InChI is InChI=1S/C21H24N2O2S/c1-14-9-10-16(15(2)12-14)6-5-11-22-20(24)13-19-21(25)23-17-7-3-4-8-18(17)26-19/h3-4,7-10,12,19H,5-6,11,13H2,1-2H3,(H,22,24)(H,23,25)/t19-/m1/s1. The Hall–Kier alpha value is -2.27. The monoisotopic (exact) mass is 368 g/mol. The maximum Gasteiger partial charge on any atom is 0.238 e. The number of hydrogen-bond acceptors (Lipinski definition) is 3. The van der Waals surface area contributed by atoms with Gasteiger partial charge in [-0.1, -0.05) is 35.9 Å². The molecule has 0 aromatic heterocycles. The first-order valence-corrected chi connectivity index (χ1v) is 9.80. The van der Waals surface area contributed by atoms with Crippen molar-refractivity contribution >= 4 is 29.3 Å². The van der Waals surface area contributed by atoms with Gasteiger partial charge in [-0.15, -0.1) is 11.8 Å². The van der Waals surface area contributed by atoms with Crippen molar-refractivity contribution in [3.63, 3.8) is 0 Å². The number of amides is 2. The summed E-state index contributed by atoms with van der Waals surface area (Å²) in [6.07, 6.45) is 2.04. The number of aryl methyl sites for hydroxylation is 3. The number of fused-ring (bicyclic) bond motifs is 1. The molecule has 1 heterocycles. The van der Waals surface area contributed by atoms with Gasteiger partial charge >= 0.3 is 0 Å². The van der Waals surface area contributed by atoms with Gasteiger partial charge in [0.05, 0.1) is 10.9 Å². The van der Waals surface area contributed by atoms with E-state index in [0.29, 0.717) is 6.54 Å². The number of carbonyl (C=O) groups excluding carboxylic acids is 2. The lowest BCUT2D eigenvalue weighted by atomic mass is 10.0. The molecule has 4 nitrogen and oxygen atoms in total. The summed E-state index contributed by atoms with van der Waals surface area (Å²) in [5.41, 5.74) is 4.71. The van der Waals surface area contributed by atoms with Crippen molar-refractivity contribution in [1.82, 2.24) is 5.32 Å². The van der Waals surface area contributed by atoms with E-state index in [1.54, 1.807) is 0 Å². The Kier molecular flexibility index (Phi) is 5.99. The number of hydrogen-bond donors (Lipinski definition) is 2. The van der Waals surface area contributed by atoms with Crippen LogP contribution in [0.1, 0.15) is 29.5 Å². The van der Waals surface area contributed by atoms with Crippen LogP contribution in [0.25, 0.3) is 0 Å². The molecule has 1 atom stereocenters. The first kappa shape index (κ1) is 18.5. The molecule has 136 valence electrons. The zero-order chi connectivity index (χ0) is 18.5. The van der Waals surface area contributed by atoms with Crippen LogP contribution in [-0.2, 0) is 16.0 Å². The summed E-state index contributed by atoms with van der Waals surface area (Å²) in [6.45, 7) is 4.84. The van der Waals surface area contributed by atoms with Crippen LogP contribution in [0, 0.1) is 13.8 Å². The summed E-state index contributed by atoms with van der Waals surface area (Å²) >= 11 is 1.46. The zero-order valence-corrected chi connectivity index (χ0v) is 16.0. The third-order valence-corrected chi connectivity index (χ3v) is 5.80. The lowest BCUT2D eigenvalue weighted by Gasteiger charge is -2.23. The first-order chi connectivity index (χ1) is 12.5. The van der Waals surface area contributed by atoms with E-state index in [9.17, 15) is 9.59 Å². The summed E-state index contributed by atoms with van der Waals surface area (Å²) in [5.74, 6) is -0.170. The van der Waals surface area contributed by atoms with Crippen molar-refractivity contribution < 1.29 is 9.59 Å². The van der Waals surface area contributed by atoms with Crippen LogP contribution in [0.4, 0.5) is 5.69 Å². The van der Waals surface area contributed by atoms with E-state index in [1.165, 1.54) is 28.5 Å². The minimum Gasteiger partial charge on any atom is -0.356 e. The van der Waals surface area contributed by atoms with Gasteiger partial charge < -0.3 is 10.6 Å². The molecule has 0 bridgehead atoms. The second-order valence-electron chi connectivity index (χ2n) is 6.68. The normalized spacial score (nSPS) is 15.9. The molecule has 0 spiro atoms. The second kappa shape index (κ2) is 8.41. The van der Waals surface area contributed by atoms with Crippen LogP contribution in [0.2, 0.25) is 0 Å². The topological polar surface area (TPSA) is 58.2 Å². The number of benzene rings is 2. The minimum absolute atomic E-state index is 0.0716. The van der Waals surface area contributed by atoms with Crippen molar-refractivity contribution in [3.05, 3.63) is 59.2 Å². The Balaban J connectivity index is 1.44. The second-order valence-corrected chi connectivity index (χ2v) is 7.92. The highest BCUT2D eigenvalue weighted by molar-refractivity contribution is 8.01. The molecular weight excluding hydrogens is 344 g/mol. The van der Waals surface area contributed by atoms with E-state index in [4.69, 9.17) is 0 Å². The minimum atomic E-state index is -0.371. The fourth-order valence-corrected chi connectivity index (χ4v) is 4.21. The number of para-hydroxylation sites is 1. The van der Waals surface area contributed by atoms with Crippen LogP contribution >= 0.6 is 11.8 Å². The first-order valence-electron chi connectivity index (χ1n) is 8.92. The maximum absolute atomic E-state index is 12.2. The van der Waals surface area contributed by atoms with E-state index >= 15 is 0 Å². The Bertz CT molecular complexity index is 819. The van der Waals surface area contributed by atoms with E-state index in [2.05, 4.69) is 42.7 Å². The van der Waals surface area contributed by atoms with Crippen molar-refractivity contribution in [1.29, 1.82) is 0 Å². The molecule has 2 aromatic carbocycles. The molecule has 2 N–H and O–H groups in total. The predicted molar refractivity (Wildman–Crippen MR) is 107 cm³/mol. The van der Waals surface area contributed by atoms with Crippen LogP contribution in [0.5, 0.6) is 0 Å². The van der Waals surface area contributed by atoms with Crippen molar-refractivity contribution in [2.24, 2.45) is 0 Å². The summed E-state index contributed by atoms with van der Waals surface area (Å²) in [4.78, 5) is 25.4. The van der Waals surface area contributed by atoms with Crippen LogP contribution in [-0.4, -0.2) is 23.6 Å². The van der Waals surface area contributed by atoms with Gasteiger partial charge in [-0.3, -0.25) is 9.59 Å². The van der Waals surface area contributed by atoms with Crippen molar-refractivity contribution in [2.45, 2.75) is 43.3 Å². The molecule has 1 aliphatic heterocycles. The lowest BCUT2D eigenvalue weighted by molar-refractivity contribution is -0.124. The van der Waals surface area contributed by atoms with Gasteiger partial charge in [0.15, 0.2) is 0 Å². The quantitative estimate of drug-likeness (QED) is 0.762. The lowest BCUT2D eigenvalue weighted by Crippen LogP contribution is -2.35. The molecule has 3 rings (SSSR count). The molecule has 1 aliphatic rings. The summed E-state index contributed by atoms with van der Waals surface area (Å²) in [6, 6.07) is 14.1. The van der Waals surface area contributed by atoms with Gasteiger partial charge in [0, 0.05) is 17.9 Å². The molecule has 0 unspecified atom stereocenters. The third-order valence-electron chi connectivity index (χ3n) is 4.52. The Morgan fingerprint density at radius 3 is 2.81 bits per heavy atom. The average Bonchev–Trinajstić information content (AvgIpc) is 2.61. The Labute approximate surface area is 158 Å². The molecule has 0 aliphatic carbocycles. The van der Waals surface area contributed by atoms with E-state index in [0.717, 1.165) is 23.4 Å². The van der Waals surface area contributed by atoms with E-state index in [1.807, 2.05) is 24.3 Å². The molecule has 0 fully saturated rings. The molecule has 2 amide bonds. The maximum atomic E-state index is 12.2. The van der Waals surface area contributed by atoms with Crippen molar-refractivity contribution in [3.8, 4) is 0 Å². The van der Waals surface area contributed by atoms with Crippen molar-refractivity contribution in [2.75, 3.05) is 11.9 Å². The summed E-state index contributed by atoms with van der Waals surface area (Å²) in [5, 5.41) is 5.45. The Morgan fingerprint density at radius 1 is 1.19 bits per heavy atom. The van der Waals surface area contributed by atoms with Gasteiger partial charge in [-0.2, -0.15) is 0 Å². The number of nitrogens with one attached hydrogen (secondary N) is 2. The van der Waals surface area contributed by atoms with Crippen LogP contribution in [0.3, 0.4) is 0 Å². The number of rotatable bonds is 6. The fourth-order valence-electron chi connectivity index (χ4n) is 3.10. The number of thioether (sulfide) groups is 1. The SMILES string of the molecule is Cc1ccc(CCCNC(=O)C[C@H]2Sc3ccccc3NC2=O)c(C)c1. The van der Waals surface area contributed by atoms with Gasteiger partial charge in [-0.05, 0) is 49.9 Å². The number of carbonyl (C=O) groups is 2. The summed E-state index contributed by atoms with van der Waals surface area (Å²) in [7, 11) is 0. The number of anilines is 1. The summed E-state index contributed by atoms with van der Waals surface area (Å²) < 4.78 is 0. The molecule has 0 saturated heterocycles. The van der Waals surface area contributed by atoms with E-state index < -0.39 is 0 Å². The Morgan fingerprint density at radius 2 is 2.00 bits per heavy atom. The zero-order valence-electron chi connectivity index (χ0n) is 15.2. The third kappa shape index (κ3) is 4.67.